The van der Waals surface area contributed by atoms with E-state index in [1.165, 1.54) is 6.20 Å². The van der Waals surface area contributed by atoms with Crippen LogP contribution in [-0.4, -0.2) is 30.5 Å². The standard InChI is InChI=1S/C26H19ClN6O/c1-14-30-21-8-7-19(12-23(21)31-14)33-26(28)20(13-29-33)25(34)24-11-17-6-5-16(10-22(17)32-24)15-3-2-4-18(27)9-15/h2-13,32H,28H2,1H3,(H,30,31). The molecule has 3 aromatic carbocycles. The Balaban J connectivity index is 1.35. The quantitative estimate of drug-likeness (QED) is 0.291. The van der Waals surface area contributed by atoms with Gasteiger partial charge in [-0.1, -0.05) is 35.9 Å². The van der Waals surface area contributed by atoms with Gasteiger partial charge >= 0.3 is 0 Å². The van der Waals surface area contributed by atoms with Crippen molar-refractivity contribution in [2.45, 2.75) is 6.92 Å². The first kappa shape index (κ1) is 20.3. The molecule has 0 saturated heterocycles. The number of benzene rings is 3. The van der Waals surface area contributed by atoms with Crippen molar-refractivity contribution in [1.82, 2.24) is 24.7 Å². The van der Waals surface area contributed by atoms with Gasteiger partial charge in [0.15, 0.2) is 0 Å². The van der Waals surface area contributed by atoms with Crippen molar-refractivity contribution < 1.29 is 4.79 Å². The van der Waals surface area contributed by atoms with Gasteiger partial charge in [-0.2, -0.15) is 5.10 Å². The molecule has 3 aromatic heterocycles. The second kappa shape index (κ2) is 7.60. The minimum Gasteiger partial charge on any atom is -0.383 e. The number of hydrogen-bond acceptors (Lipinski definition) is 4. The van der Waals surface area contributed by atoms with E-state index in [0.717, 1.165) is 44.6 Å². The predicted octanol–water partition coefficient (Wildman–Crippen LogP) is 5.67. The number of ketones is 1. The fraction of sp³-hybridized carbons (Fsp3) is 0.0385. The first-order chi connectivity index (χ1) is 16.5. The smallest absolute Gasteiger partial charge is 0.214 e. The third-order valence-corrected chi connectivity index (χ3v) is 6.14. The van der Waals surface area contributed by atoms with Crippen LogP contribution in [0.2, 0.25) is 5.02 Å². The molecule has 0 atom stereocenters. The van der Waals surface area contributed by atoms with Gasteiger partial charge in [0.1, 0.15) is 11.6 Å². The van der Waals surface area contributed by atoms with E-state index in [-0.39, 0.29) is 11.6 Å². The maximum Gasteiger partial charge on any atom is 0.214 e. The van der Waals surface area contributed by atoms with Gasteiger partial charge in [0, 0.05) is 15.9 Å². The Hall–Kier alpha value is -4.36. The number of aromatic amines is 2. The molecule has 0 radical (unpaired) electrons. The number of nitrogens with one attached hydrogen (secondary N) is 2. The molecule has 8 heteroatoms. The number of nitrogens with zero attached hydrogens (tertiary/aromatic N) is 3. The number of H-pyrrole nitrogens is 2. The zero-order chi connectivity index (χ0) is 23.4. The number of aryl methyl sites for hydroxylation is 1. The number of hydrogen-bond donors (Lipinski definition) is 3. The molecule has 0 saturated carbocycles. The molecule has 4 N–H and O–H groups in total. The minimum atomic E-state index is -0.221. The Kier molecular flexibility index (Phi) is 4.53. The van der Waals surface area contributed by atoms with Crippen LogP contribution in [0.1, 0.15) is 21.9 Å². The van der Waals surface area contributed by atoms with Crippen LogP contribution in [0.25, 0.3) is 38.8 Å². The highest BCUT2D eigenvalue weighted by Crippen LogP contribution is 2.28. The third kappa shape index (κ3) is 3.34. The number of fused-ring (bicyclic) bond motifs is 2. The van der Waals surface area contributed by atoms with Gasteiger partial charge in [-0.3, -0.25) is 4.79 Å². The largest absolute Gasteiger partial charge is 0.383 e. The Labute approximate surface area is 199 Å². The van der Waals surface area contributed by atoms with Crippen LogP contribution in [0.5, 0.6) is 0 Å². The summed E-state index contributed by atoms with van der Waals surface area (Å²) < 4.78 is 1.55. The van der Waals surface area contributed by atoms with Crippen LogP contribution in [0.3, 0.4) is 0 Å². The molecular formula is C26H19ClN6O. The zero-order valence-corrected chi connectivity index (χ0v) is 18.9. The molecule has 0 amide bonds. The van der Waals surface area contributed by atoms with E-state index in [0.29, 0.717) is 16.3 Å². The van der Waals surface area contributed by atoms with Crippen molar-refractivity contribution in [2.75, 3.05) is 5.73 Å². The second-order valence-corrected chi connectivity index (χ2v) is 8.64. The Bertz CT molecular complexity index is 1720. The van der Waals surface area contributed by atoms with Gasteiger partial charge in [-0.15, -0.1) is 0 Å². The van der Waals surface area contributed by atoms with Crippen molar-refractivity contribution >= 4 is 45.1 Å². The number of nitrogen functional groups attached to an aromatic ring is 1. The number of aromatic nitrogens is 5. The summed E-state index contributed by atoms with van der Waals surface area (Å²) in [4.78, 5) is 24.2. The average Bonchev–Trinajstić information content (AvgIpc) is 3.53. The lowest BCUT2D eigenvalue weighted by Crippen LogP contribution is -2.07. The van der Waals surface area contributed by atoms with E-state index in [2.05, 4.69) is 20.1 Å². The van der Waals surface area contributed by atoms with Crippen LogP contribution >= 0.6 is 11.6 Å². The monoisotopic (exact) mass is 466 g/mol. The van der Waals surface area contributed by atoms with Crippen molar-refractivity contribution in [3.05, 3.63) is 95.0 Å². The van der Waals surface area contributed by atoms with Crippen LogP contribution in [0.15, 0.2) is 72.9 Å². The normalized spacial score (nSPS) is 11.5. The van der Waals surface area contributed by atoms with E-state index in [1.54, 1.807) is 4.68 Å². The van der Waals surface area contributed by atoms with Crippen molar-refractivity contribution in [1.29, 1.82) is 0 Å². The number of imidazole rings is 1. The molecule has 0 aliphatic rings. The Morgan fingerprint density at radius 3 is 2.68 bits per heavy atom. The van der Waals surface area contributed by atoms with Crippen molar-refractivity contribution in [3.63, 3.8) is 0 Å². The van der Waals surface area contributed by atoms with E-state index in [4.69, 9.17) is 17.3 Å². The number of rotatable bonds is 4. The third-order valence-electron chi connectivity index (χ3n) is 5.91. The summed E-state index contributed by atoms with van der Waals surface area (Å²) in [6, 6.07) is 21.2. The van der Waals surface area contributed by atoms with Crippen molar-refractivity contribution in [2.24, 2.45) is 0 Å². The summed E-state index contributed by atoms with van der Waals surface area (Å²) >= 11 is 6.14. The van der Waals surface area contributed by atoms with Crippen LogP contribution < -0.4 is 5.73 Å². The van der Waals surface area contributed by atoms with Crippen molar-refractivity contribution in [3.8, 4) is 16.8 Å². The zero-order valence-electron chi connectivity index (χ0n) is 18.1. The number of nitrogens with two attached hydrogens (primary N) is 1. The summed E-state index contributed by atoms with van der Waals surface area (Å²) in [6.45, 7) is 1.90. The maximum atomic E-state index is 13.3. The summed E-state index contributed by atoms with van der Waals surface area (Å²) in [6.07, 6.45) is 1.50. The molecule has 0 spiro atoms. The maximum absolute atomic E-state index is 13.3. The highest BCUT2D eigenvalue weighted by Gasteiger charge is 2.20. The summed E-state index contributed by atoms with van der Waals surface area (Å²) in [5, 5.41) is 5.97. The molecule has 166 valence electrons. The summed E-state index contributed by atoms with van der Waals surface area (Å²) in [7, 11) is 0. The first-order valence-corrected chi connectivity index (χ1v) is 11.1. The molecule has 3 heterocycles. The second-order valence-electron chi connectivity index (χ2n) is 8.20. The Morgan fingerprint density at radius 1 is 0.971 bits per heavy atom. The van der Waals surface area contributed by atoms with Gasteiger partial charge in [0.05, 0.1) is 34.2 Å². The summed E-state index contributed by atoms with van der Waals surface area (Å²) in [5.74, 6) is 0.879. The molecular weight excluding hydrogens is 448 g/mol. The van der Waals surface area contributed by atoms with E-state index in [1.807, 2.05) is 73.7 Å². The fourth-order valence-corrected chi connectivity index (χ4v) is 4.42. The average molecular weight is 467 g/mol. The molecule has 0 bridgehead atoms. The van der Waals surface area contributed by atoms with Gasteiger partial charge < -0.3 is 15.7 Å². The molecule has 34 heavy (non-hydrogen) atoms. The van der Waals surface area contributed by atoms with E-state index in [9.17, 15) is 4.79 Å². The summed E-state index contributed by atoms with van der Waals surface area (Å²) in [5.41, 5.74) is 12.5. The van der Waals surface area contributed by atoms with E-state index < -0.39 is 0 Å². The number of anilines is 1. The topological polar surface area (TPSA) is 105 Å². The molecule has 0 unspecified atom stereocenters. The lowest BCUT2D eigenvalue weighted by molar-refractivity contribution is 0.103. The SMILES string of the molecule is Cc1nc2cc(-n3ncc(C(=O)c4cc5ccc(-c6cccc(Cl)c6)cc5[nH]4)c3N)ccc2[nH]1. The molecule has 0 aliphatic heterocycles. The highest BCUT2D eigenvalue weighted by molar-refractivity contribution is 6.30. The van der Waals surface area contributed by atoms with Gasteiger partial charge in [-0.25, -0.2) is 9.67 Å². The van der Waals surface area contributed by atoms with Gasteiger partial charge in [0.25, 0.3) is 0 Å². The predicted molar refractivity (Wildman–Crippen MR) is 135 cm³/mol. The highest BCUT2D eigenvalue weighted by atomic mass is 35.5. The minimum absolute atomic E-state index is 0.221. The van der Waals surface area contributed by atoms with E-state index >= 15 is 0 Å². The molecule has 6 rings (SSSR count). The van der Waals surface area contributed by atoms with Gasteiger partial charge in [-0.05, 0) is 60.5 Å². The Morgan fingerprint density at radius 2 is 1.82 bits per heavy atom. The lowest BCUT2D eigenvalue weighted by Gasteiger charge is -2.05. The number of carbonyl (C=O) groups excluding carboxylic acids is 1. The molecule has 7 nitrogen and oxygen atoms in total. The van der Waals surface area contributed by atoms with Crippen LogP contribution in [-0.2, 0) is 0 Å². The molecule has 0 aliphatic carbocycles. The van der Waals surface area contributed by atoms with Crippen LogP contribution in [0.4, 0.5) is 5.82 Å². The number of halogens is 1. The fourth-order valence-electron chi connectivity index (χ4n) is 4.23. The molecule has 0 fully saturated rings. The van der Waals surface area contributed by atoms with Gasteiger partial charge in [0.2, 0.25) is 5.78 Å². The van der Waals surface area contributed by atoms with Crippen LogP contribution in [0, 0.1) is 6.92 Å². The first-order valence-electron chi connectivity index (χ1n) is 10.7. The molecule has 6 aromatic rings. The lowest BCUT2D eigenvalue weighted by atomic mass is 10.0. The number of carbonyl (C=O) groups is 1.